The van der Waals surface area contributed by atoms with Crippen LogP contribution in [0.3, 0.4) is 0 Å². The lowest BCUT2D eigenvalue weighted by molar-refractivity contribution is 1.06. The summed E-state index contributed by atoms with van der Waals surface area (Å²) in [6, 6.07) is 18.0. The first-order valence-corrected chi connectivity index (χ1v) is 8.94. The fraction of sp³-hybridized carbons (Fsp3) is 0. The van der Waals surface area contributed by atoms with Gasteiger partial charge in [-0.25, -0.2) is 4.98 Å². The molecule has 3 heterocycles. The summed E-state index contributed by atoms with van der Waals surface area (Å²) in [5, 5.41) is 7.18. The van der Waals surface area contributed by atoms with E-state index in [4.69, 9.17) is 0 Å². The number of aromatic nitrogens is 4. The summed E-state index contributed by atoms with van der Waals surface area (Å²) < 4.78 is 1.01. The van der Waals surface area contributed by atoms with Crippen LogP contribution < -0.4 is 5.56 Å². The number of pyridine rings is 1. The molecule has 0 aliphatic carbocycles. The summed E-state index contributed by atoms with van der Waals surface area (Å²) in [6.45, 7) is 0. The van der Waals surface area contributed by atoms with Gasteiger partial charge in [0.05, 0.1) is 11.1 Å². The average molecular weight is 405 g/mol. The highest BCUT2D eigenvalue weighted by molar-refractivity contribution is 9.10. The monoisotopic (exact) mass is 404 g/mol. The van der Waals surface area contributed by atoms with Crippen molar-refractivity contribution in [2.75, 3.05) is 0 Å². The SMILES string of the molecule is O=c1[nH][nH]c2nc(-c3ccc(Br)cc3)cc(-c3c[nH]c4ccccc34)c12. The van der Waals surface area contributed by atoms with Crippen LogP contribution in [-0.2, 0) is 0 Å². The molecule has 0 fully saturated rings. The normalized spacial score (nSPS) is 11.4. The van der Waals surface area contributed by atoms with Gasteiger partial charge in [0.25, 0.3) is 5.56 Å². The summed E-state index contributed by atoms with van der Waals surface area (Å²) in [6.07, 6.45) is 1.94. The largest absolute Gasteiger partial charge is 0.361 e. The molecule has 126 valence electrons. The minimum absolute atomic E-state index is 0.171. The zero-order valence-electron chi connectivity index (χ0n) is 13.5. The molecule has 0 atom stereocenters. The van der Waals surface area contributed by atoms with Gasteiger partial charge >= 0.3 is 0 Å². The standard InChI is InChI=1S/C20H13BrN4O/c21-12-7-5-11(6-8-12)17-9-14(18-19(23-17)24-25-20(18)26)15-10-22-16-4-2-1-3-13(15)16/h1-10,22H,(H2,23,24,25,26). The van der Waals surface area contributed by atoms with E-state index in [1.807, 2.05) is 60.8 Å². The van der Waals surface area contributed by atoms with Crippen molar-refractivity contribution >= 4 is 37.9 Å². The van der Waals surface area contributed by atoms with Crippen molar-refractivity contribution in [1.82, 2.24) is 20.2 Å². The minimum Gasteiger partial charge on any atom is -0.361 e. The molecule has 6 heteroatoms. The number of aromatic amines is 3. The zero-order chi connectivity index (χ0) is 17.7. The molecular formula is C20H13BrN4O. The van der Waals surface area contributed by atoms with Crippen molar-refractivity contribution in [1.29, 1.82) is 0 Å². The Balaban J connectivity index is 1.84. The molecule has 3 N–H and O–H groups in total. The van der Waals surface area contributed by atoms with E-state index in [9.17, 15) is 4.79 Å². The van der Waals surface area contributed by atoms with Crippen LogP contribution in [0.15, 0.2) is 70.1 Å². The van der Waals surface area contributed by atoms with Crippen LogP contribution in [0.25, 0.3) is 44.3 Å². The number of halogens is 1. The molecule has 0 saturated heterocycles. The lowest BCUT2D eigenvalue weighted by Crippen LogP contribution is -2.00. The van der Waals surface area contributed by atoms with Gasteiger partial charge in [0.2, 0.25) is 0 Å². The summed E-state index contributed by atoms with van der Waals surface area (Å²) in [5.74, 6) is 0. The second kappa shape index (κ2) is 5.71. The van der Waals surface area contributed by atoms with Crippen molar-refractivity contribution < 1.29 is 0 Å². The summed E-state index contributed by atoms with van der Waals surface area (Å²) in [4.78, 5) is 20.3. The van der Waals surface area contributed by atoms with Crippen LogP contribution in [0.4, 0.5) is 0 Å². The number of nitrogens with one attached hydrogen (secondary N) is 3. The van der Waals surface area contributed by atoms with Crippen LogP contribution in [0.2, 0.25) is 0 Å². The number of hydrogen-bond donors (Lipinski definition) is 3. The first-order valence-electron chi connectivity index (χ1n) is 8.14. The fourth-order valence-electron chi connectivity index (χ4n) is 3.32. The Labute approximate surface area is 156 Å². The minimum atomic E-state index is -0.171. The van der Waals surface area contributed by atoms with Gasteiger partial charge in [-0.2, -0.15) is 0 Å². The maximum Gasteiger partial charge on any atom is 0.274 e. The van der Waals surface area contributed by atoms with Crippen LogP contribution in [0, 0.1) is 0 Å². The van der Waals surface area contributed by atoms with Gasteiger partial charge in [-0.3, -0.25) is 15.0 Å². The van der Waals surface area contributed by atoms with E-state index in [0.29, 0.717) is 11.0 Å². The molecule has 0 spiro atoms. The number of fused-ring (bicyclic) bond motifs is 2. The van der Waals surface area contributed by atoms with Gasteiger partial charge in [0.15, 0.2) is 5.65 Å². The first kappa shape index (κ1) is 15.2. The quantitative estimate of drug-likeness (QED) is 0.394. The Hall–Kier alpha value is -3.12. The smallest absolute Gasteiger partial charge is 0.274 e. The zero-order valence-corrected chi connectivity index (χ0v) is 15.1. The number of benzene rings is 2. The van der Waals surface area contributed by atoms with E-state index >= 15 is 0 Å². The highest BCUT2D eigenvalue weighted by Gasteiger charge is 2.16. The van der Waals surface area contributed by atoms with Crippen LogP contribution in [0.1, 0.15) is 0 Å². The van der Waals surface area contributed by atoms with Gasteiger partial charge in [-0.15, -0.1) is 0 Å². The number of nitrogens with zero attached hydrogens (tertiary/aromatic N) is 1. The molecule has 5 aromatic rings. The third-order valence-electron chi connectivity index (χ3n) is 4.56. The Morgan fingerprint density at radius 2 is 1.73 bits per heavy atom. The van der Waals surface area contributed by atoms with Crippen molar-refractivity contribution in [3.05, 3.63) is 75.6 Å². The highest BCUT2D eigenvalue weighted by atomic mass is 79.9. The third kappa shape index (κ3) is 2.30. The molecule has 5 nitrogen and oxygen atoms in total. The summed E-state index contributed by atoms with van der Waals surface area (Å²) >= 11 is 3.46. The van der Waals surface area contributed by atoms with Crippen LogP contribution in [-0.4, -0.2) is 20.2 Å². The third-order valence-corrected chi connectivity index (χ3v) is 5.09. The molecule has 0 saturated carbocycles. The molecule has 0 radical (unpaired) electrons. The Morgan fingerprint density at radius 3 is 2.58 bits per heavy atom. The lowest BCUT2D eigenvalue weighted by atomic mass is 10.00. The number of hydrogen-bond acceptors (Lipinski definition) is 2. The average Bonchev–Trinajstić information content (AvgIpc) is 3.26. The topological polar surface area (TPSA) is 77.3 Å². The van der Waals surface area contributed by atoms with Gasteiger partial charge < -0.3 is 4.98 Å². The molecule has 0 aliphatic rings. The maximum atomic E-state index is 12.4. The Morgan fingerprint density at radius 1 is 0.923 bits per heavy atom. The number of para-hydroxylation sites is 1. The van der Waals surface area contributed by atoms with E-state index < -0.39 is 0 Å². The van der Waals surface area contributed by atoms with E-state index in [1.165, 1.54) is 0 Å². The van der Waals surface area contributed by atoms with E-state index in [-0.39, 0.29) is 5.56 Å². The van der Waals surface area contributed by atoms with Gasteiger partial charge in [0.1, 0.15) is 0 Å². The predicted octanol–water partition coefficient (Wildman–Crippen LogP) is 4.83. The van der Waals surface area contributed by atoms with Crippen molar-refractivity contribution in [2.45, 2.75) is 0 Å². The second-order valence-electron chi connectivity index (χ2n) is 6.11. The Kier molecular flexibility index (Phi) is 3.33. The van der Waals surface area contributed by atoms with Gasteiger partial charge in [-0.05, 0) is 24.3 Å². The van der Waals surface area contributed by atoms with Crippen LogP contribution in [0.5, 0.6) is 0 Å². The van der Waals surface area contributed by atoms with E-state index in [1.54, 1.807) is 0 Å². The second-order valence-corrected chi connectivity index (χ2v) is 7.03. The molecule has 0 unspecified atom stereocenters. The Bertz CT molecular complexity index is 1310. The predicted molar refractivity (Wildman–Crippen MR) is 107 cm³/mol. The van der Waals surface area contributed by atoms with Crippen molar-refractivity contribution in [3.63, 3.8) is 0 Å². The lowest BCUT2D eigenvalue weighted by Gasteiger charge is -2.06. The molecule has 26 heavy (non-hydrogen) atoms. The molecule has 5 rings (SSSR count). The first-order chi connectivity index (χ1) is 12.7. The molecule has 3 aromatic heterocycles. The van der Waals surface area contributed by atoms with Gasteiger partial charge in [0, 0.05) is 38.3 Å². The van der Waals surface area contributed by atoms with Gasteiger partial charge in [-0.1, -0.05) is 46.3 Å². The number of rotatable bonds is 2. The maximum absolute atomic E-state index is 12.4. The van der Waals surface area contributed by atoms with Crippen LogP contribution >= 0.6 is 15.9 Å². The molecular weight excluding hydrogens is 392 g/mol. The molecule has 0 aliphatic heterocycles. The van der Waals surface area contributed by atoms with E-state index in [2.05, 4.69) is 36.1 Å². The van der Waals surface area contributed by atoms with Crippen molar-refractivity contribution in [3.8, 4) is 22.4 Å². The molecule has 0 amide bonds. The van der Waals surface area contributed by atoms with E-state index in [0.717, 1.165) is 37.8 Å². The molecule has 0 bridgehead atoms. The fourth-order valence-corrected chi connectivity index (χ4v) is 3.58. The summed E-state index contributed by atoms with van der Waals surface area (Å²) in [5.41, 5.74) is 5.04. The highest BCUT2D eigenvalue weighted by Crippen LogP contribution is 2.34. The summed E-state index contributed by atoms with van der Waals surface area (Å²) in [7, 11) is 0. The van der Waals surface area contributed by atoms with Crippen molar-refractivity contribution in [2.24, 2.45) is 0 Å². The number of H-pyrrole nitrogens is 3. The molecule has 2 aromatic carbocycles.